The largest absolute Gasteiger partial charge is 0.545 e. The molecule has 0 unspecified atom stereocenters. The molecule has 0 spiro atoms. The molecule has 1 rings (SSSR count). The predicted molar refractivity (Wildman–Crippen MR) is 98.8 cm³/mol. The molecule has 1 aromatic carbocycles. The SMILES string of the molecule is O=C([O-])c1ccccc1C(=O)OCSCCC(F)(F)C(F)(F)C(F)(F)C(F)(F)C(F)(F)C(F)(F)C(F)(F)C(F)(F)F. The summed E-state index contributed by atoms with van der Waals surface area (Å²) in [5.41, 5.74) is -1.42. The molecule has 0 atom stereocenters. The lowest BCUT2D eigenvalue weighted by atomic mass is 9.88. The summed E-state index contributed by atoms with van der Waals surface area (Å²) in [6.07, 6.45) is -10.5. The zero-order chi connectivity index (χ0) is 32.7. The molecular formula is C19H10F17O4S-. The minimum absolute atomic E-state index is 0.177. The molecule has 0 amide bonds. The summed E-state index contributed by atoms with van der Waals surface area (Å²) in [5.74, 6) is -63.0. The fraction of sp³-hybridized carbons (Fsp3) is 0.579. The van der Waals surface area contributed by atoms with Gasteiger partial charge in [0.15, 0.2) is 0 Å². The van der Waals surface area contributed by atoms with Gasteiger partial charge in [-0.15, -0.1) is 11.8 Å². The Bertz CT molecular complexity index is 1120. The second kappa shape index (κ2) is 11.2. The molecule has 4 nitrogen and oxygen atoms in total. The number of carbonyl (C=O) groups is 2. The van der Waals surface area contributed by atoms with Crippen LogP contribution in [0.3, 0.4) is 0 Å². The molecule has 22 heteroatoms. The van der Waals surface area contributed by atoms with E-state index in [2.05, 4.69) is 4.74 Å². The van der Waals surface area contributed by atoms with Crippen molar-refractivity contribution in [1.82, 2.24) is 0 Å². The molecule has 0 bridgehead atoms. The summed E-state index contributed by atoms with van der Waals surface area (Å²) in [6, 6.07) is 3.94. The van der Waals surface area contributed by atoms with E-state index in [1.165, 1.54) is 0 Å². The molecule has 0 saturated carbocycles. The number of hydrogen-bond acceptors (Lipinski definition) is 5. The monoisotopic (exact) mass is 657 g/mol. The van der Waals surface area contributed by atoms with Gasteiger partial charge in [-0.1, -0.05) is 18.2 Å². The van der Waals surface area contributed by atoms with E-state index in [0.717, 1.165) is 24.3 Å². The number of thioether (sulfide) groups is 1. The van der Waals surface area contributed by atoms with E-state index < -0.39 is 88.8 Å². The van der Waals surface area contributed by atoms with Crippen molar-refractivity contribution in [3.8, 4) is 0 Å². The lowest BCUT2D eigenvalue weighted by Gasteiger charge is -2.42. The van der Waals surface area contributed by atoms with Crippen molar-refractivity contribution in [2.45, 2.75) is 54.1 Å². The third-order valence-electron chi connectivity index (χ3n) is 4.99. The summed E-state index contributed by atoms with van der Waals surface area (Å²) >= 11 is -0.177. The van der Waals surface area contributed by atoms with Crippen molar-refractivity contribution in [2.24, 2.45) is 0 Å². The van der Waals surface area contributed by atoms with E-state index in [4.69, 9.17) is 0 Å². The van der Waals surface area contributed by atoms with Crippen LogP contribution in [0.4, 0.5) is 74.6 Å². The normalized spacial score (nSPS) is 14.7. The lowest BCUT2D eigenvalue weighted by molar-refractivity contribution is -0.461. The van der Waals surface area contributed by atoms with Crippen LogP contribution < -0.4 is 5.11 Å². The van der Waals surface area contributed by atoms with Crippen LogP contribution in [0, 0.1) is 0 Å². The number of hydrogen-bond donors (Lipinski definition) is 0. The number of halogens is 17. The standard InChI is InChI=1S/C19H11F17O4S/c20-12(21,5-6-41-7-40-11(39)9-4-2-1-3-8(9)10(37)38)13(22,23)14(24,25)15(26,27)16(28,29)17(30,31)18(32,33)19(34,35)36/h1-4H,5-7H2,(H,37,38)/p-1. The van der Waals surface area contributed by atoms with Crippen LogP contribution in [0.2, 0.25) is 0 Å². The van der Waals surface area contributed by atoms with Gasteiger partial charge in [-0.2, -0.15) is 74.6 Å². The summed E-state index contributed by atoms with van der Waals surface area (Å²) in [5, 5.41) is 10.9. The minimum Gasteiger partial charge on any atom is -0.545 e. The van der Waals surface area contributed by atoms with Gasteiger partial charge in [-0.25, -0.2) is 4.79 Å². The molecule has 1 aromatic rings. The Morgan fingerprint density at radius 3 is 1.44 bits per heavy atom. The van der Waals surface area contributed by atoms with Crippen molar-refractivity contribution in [2.75, 3.05) is 11.7 Å². The predicted octanol–water partition coefficient (Wildman–Crippen LogP) is 6.30. The molecule has 0 N–H and O–H groups in total. The first-order chi connectivity index (χ1) is 18.1. The van der Waals surface area contributed by atoms with Gasteiger partial charge in [0.25, 0.3) is 0 Å². The number of carboxylic acid groups (broad SMARTS) is 1. The van der Waals surface area contributed by atoms with Gasteiger partial charge in [0.05, 0.1) is 11.5 Å². The van der Waals surface area contributed by atoms with Crippen LogP contribution in [-0.4, -0.2) is 71.3 Å². The van der Waals surface area contributed by atoms with Crippen LogP contribution in [-0.2, 0) is 4.74 Å². The third-order valence-corrected chi connectivity index (χ3v) is 5.77. The zero-order valence-corrected chi connectivity index (χ0v) is 19.7. The zero-order valence-electron chi connectivity index (χ0n) is 18.9. The Labute approximate surface area is 219 Å². The van der Waals surface area contributed by atoms with Crippen molar-refractivity contribution < 1.29 is 94.1 Å². The Kier molecular flexibility index (Phi) is 9.92. The number of rotatable bonds is 13. The highest BCUT2D eigenvalue weighted by Gasteiger charge is 2.95. The van der Waals surface area contributed by atoms with E-state index >= 15 is 0 Å². The Morgan fingerprint density at radius 1 is 0.634 bits per heavy atom. The van der Waals surface area contributed by atoms with Gasteiger partial charge >= 0.3 is 53.6 Å². The van der Waals surface area contributed by atoms with Gasteiger partial charge in [0.1, 0.15) is 5.94 Å². The van der Waals surface area contributed by atoms with Gasteiger partial charge in [-0.3, -0.25) is 0 Å². The van der Waals surface area contributed by atoms with Gasteiger partial charge in [0, 0.05) is 17.7 Å². The molecule has 0 saturated heterocycles. The first-order valence-electron chi connectivity index (χ1n) is 9.83. The summed E-state index contributed by atoms with van der Waals surface area (Å²) in [4.78, 5) is 22.7. The Morgan fingerprint density at radius 2 is 1.02 bits per heavy atom. The van der Waals surface area contributed by atoms with Crippen LogP contribution in [0.15, 0.2) is 24.3 Å². The number of alkyl halides is 17. The maximum Gasteiger partial charge on any atom is 0.460 e. The van der Waals surface area contributed by atoms with Crippen LogP contribution >= 0.6 is 11.8 Å². The topological polar surface area (TPSA) is 66.4 Å². The first kappa shape index (κ1) is 36.3. The van der Waals surface area contributed by atoms with E-state index in [1.54, 1.807) is 0 Å². The van der Waals surface area contributed by atoms with Crippen LogP contribution in [0.5, 0.6) is 0 Å². The number of benzene rings is 1. The summed E-state index contributed by atoms with van der Waals surface area (Å²) in [7, 11) is 0. The van der Waals surface area contributed by atoms with Crippen molar-refractivity contribution in [1.29, 1.82) is 0 Å². The third kappa shape index (κ3) is 5.97. The average Bonchev–Trinajstić information content (AvgIpc) is 2.82. The molecule has 0 aliphatic carbocycles. The molecule has 236 valence electrons. The highest BCUT2D eigenvalue weighted by atomic mass is 32.2. The number of ether oxygens (including phenoxy) is 1. The summed E-state index contributed by atoms with van der Waals surface area (Å²) < 4.78 is 229. The fourth-order valence-electron chi connectivity index (χ4n) is 2.62. The van der Waals surface area contributed by atoms with Crippen molar-refractivity contribution in [3.63, 3.8) is 0 Å². The highest BCUT2D eigenvalue weighted by Crippen LogP contribution is 2.64. The molecule has 0 fully saturated rings. The second-order valence-corrected chi connectivity index (χ2v) is 8.74. The number of esters is 1. The maximum atomic E-state index is 13.8. The van der Waals surface area contributed by atoms with Crippen LogP contribution in [0.25, 0.3) is 0 Å². The Balaban J connectivity index is 3.10. The minimum atomic E-state index is -8.70. The van der Waals surface area contributed by atoms with Gasteiger partial charge in [-0.05, 0) is 6.07 Å². The van der Waals surface area contributed by atoms with E-state index in [0.29, 0.717) is 0 Å². The lowest BCUT2D eigenvalue weighted by Crippen LogP contribution is -2.74. The van der Waals surface area contributed by atoms with Crippen molar-refractivity contribution in [3.05, 3.63) is 35.4 Å². The first-order valence-corrected chi connectivity index (χ1v) is 11.0. The van der Waals surface area contributed by atoms with E-state index in [9.17, 15) is 89.3 Å². The molecule has 41 heavy (non-hydrogen) atoms. The molecule has 0 aliphatic heterocycles. The van der Waals surface area contributed by atoms with Crippen molar-refractivity contribution >= 4 is 23.7 Å². The molecule has 0 heterocycles. The molecule has 0 aromatic heterocycles. The van der Waals surface area contributed by atoms with Crippen LogP contribution in [0.1, 0.15) is 27.1 Å². The van der Waals surface area contributed by atoms with E-state index in [-0.39, 0.29) is 11.8 Å². The number of carbonyl (C=O) groups excluding carboxylic acids is 2. The number of aromatic carboxylic acids is 1. The Hall–Kier alpha value is -2.68. The fourth-order valence-corrected chi connectivity index (χ4v) is 3.33. The quantitative estimate of drug-likeness (QED) is 0.108. The smallest absolute Gasteiger partial charge is 0.460 e. The molecular weight excluding hydrogens is 647 g/mol. The molecule has 0 radical (unpaired) electrons. The van der Waals surface area contributed by atoms with E-state index in [1.807, 2.05) is 0 Å². The van der Waals surface area contributed by atoms with Gasteiger partial charge in [0.2, 0.25) is 0 Å². The van der Waals surface area contributed by atoms with Gasteiger partial charge < -0.3 is 14.6 Å². The number of carboxylic acids is 1. The second-order valence-electron chi connectivity index (χ2n) is 7.69. The molecule has 0 aliphatic rings. The summed E-state index contributed by atoms with van der Waals surface area (Å²) in [6.45, 7) is 0. The highest BCUT2D eigenvalue weighted by molar-refractivity contribution is 7.99. The maximum absolute atomic E-state index is 13.8. The average molecular weight is 657 g/mol.